The van der Waals surface area contributed by atoms with Gasteiger partial charge >= 0.3 is 0 Å². The van der Waals surface area contributed by atoms with Gasteiger partial charge in [-0.25, -0.2) is 4.39 Å². The number of halogens is 1. The van der Waals surface area contributed by atoms with Gasteiger partial charge in [0.2, 0.25) is 11.8 Å². The van der Waals surface area contributed by atoms with E-state index in [4.69, 9.17) is 0 Å². The van der Waals surface area contributed by atoms with E-state index in [9.17, 15) is 19.2 Å². The van der Waals surface area contributed by atoms with Crippen molar-refractivity contribution in [3.8, 4) is 0 Å². The lowest BCUT2D eigenvalue weighted by atomic mass is 9.87. The second-order valence-electron chi connectivity index (χ2n) is 9.47. The van der Waals surface area contributed by atoms with Crippen molar-refractivity contribution in [2.24, 2.45) is 7.05 Å². The third kappa shape index (κ3) is 4.16. The van der Waals surface area contributed by atoms with E-state index in [1.165, 1.54) is 11.0 Å². The quantitative estimate of drug-likeness (QED) is 0.693. The third-order valence-electron chi connectivity index (χ3n) is 7.24. The van der Waals surface area contributed by atoms with Gasteiger partial charge in [-0.05, 0) is 67.1 Å². The van der Waals surface area contributed by atoms with Crippen LogP contribution in [0.4, 0.5) is 4.39 Å². The Morgan fingerprint density at radius 3 is 2.53 bits per heavy atom. The minimum absolute atomic E-state index is 0.0338. The van der Waals surface area contributed by atoms with Gasteiger partial charge in [-0.2, -0.15) is 0 Å². The van der Waals surface area contributed by atoms with Crippen molar-refractivity contribution in [2.45, 2.75) is 50.7 Å². The summed E-state index contributed by atoms with van der Waals surface area (Å²) in [5, 5.41) is 2.29. The molecule has 1 unspecified atom stereocenters. The largest absolute Gasteiger partial charge is 0.322 e. The average Bonchev–Trinajstić information content (AvgIpc) is 3.12. The number of likely N-dealkylation sites (tertiary alicyclic amines) is 1. The third-order valence-corrected chi connectivity index (χ3v) is 7.24. The number of nitrogens with zero attached hydrogens (tertiary/aromatic N) is 3. The molecule has 0 saturated carbocycles. The van der Waals surface area contributed by atoms with E-state index in [0.717, 1.165) is 37.1 Å². The highest BCUT2D eigenvalue weighted by atomic mass is 19.1. The SMILES string of the molecule is Cn1ccc(CN2CCC(c3cc4c(cc3F)C(=O)N(C3CCC(=O)NC3=O)C4)CC2)cc1=O. The fourth-order valence-corrected chi connectivity index (χ4v) is 5.27. The minimum Gasteiger partial charge on any atom is -0.322 e. The molecule has 1 N–H and O–H groups in total. The number of rotatable bonds is 4. The number of nitrogens with one attached hydrogen (secondary N) is 1. The molecule has 5 rings (SSSR count). The highest BCUT2D eigenvalue weighted by Crippen LogP contribution is 2.35. The Kier molecular flexibility index (Phi) is 5.81. The van der Waals surface area contributed by atoms with Gasteiger partial charge < -0.3 is 9.47 Å². The maximum absolute atomic E-state index is 15.1. The Labute approximate surface area is 196 Å². The number of hydrogen-bond donors (Lipinski definition) is 1. The number of hydrogen-bond acceptors (Lipinski definition) is 5. The maximum Gasteiger partial charge on any atom is 0.255 e. The predicted octanol–water partition coefficient (Wildman–Crippen LogP) is 1.66. The molecule has 2 aromatic rings. The zero-order valence-corrected chi connectivity index (χ0v) is 19.1. The molecule has 0 radical (unpaired) electrons. The van der Waals surface area contributed by atoms with E-state index in [-0.39, 0.29) is 48.5 Å². The molecule has 3 aliphatic heterocycles. The van der Waals surface area contributed by atoms with Gasteiger partial charge in [0.05, 0.1) is 0 Å². The molecule has 3 amide bonds. The Hall–Kier alpha value is -3.33. The number of piperidine rings is 2. The standard InChI is InChI=1S/C25H27FN4O4/c1-28-7-4-15(10-23(28)32)13-29-8-5-16(6-9-29)18-11-17-14-30(25(34)19(17)12-20(18)26)21-2-3-22(31)27-24(21)33/h4,7,10-12,16,21H,2-3,5-6,8-9,13-14H2,1H3,(H,27,31,33). The van der Waals surface area contributed by atoms with Crippen LogP contribution in [0.2, 0.25) is 0 Å². The predicted molar refractivity (Wildman–Crippen MR) is 121 cm³/mol. The van der Waals surface area contributed by atoms with Crippen molar-refractivity contribution in [2.75, 3.05) is 13.1 Å². The summed E-state index contributed by atoms with van der Waals surface area (Å²) in [5.41, 5.74) is 2.58. The smallest absolute Gasteiger partial charge is 0.255 e. The lowest BCUT2D eigenvalue weighted by Gasteiger charge is -2.32. The summed E-state index contributed by atoms with van der Waals surface area (Å²) < 4.78 is 16.6. The molecule has 1 aromatic carbocycles. The highest BCUT2D eigenvalue weighted by molar-refractivity contribution is 6.05. The molecule has 1 atom stereocenters. The Balaban J connectivity index is 1.26. The van der Waals surface area contributed by atoms with Crippen LogP contribution in [0.25, 0.3) is 0 Å². The summed E-state index contributed by atoms with van der Waals surface area (Å²) >= 11 is 0. The molecule has 9 heteroatoms. The second-order valence-corrected chi connectivity index (χ2v) is 9.47. The van der Waals surface area contributed by atoms with Crippen LogP contribution in [0.1, 0.15) is 58.6 Å². The van der Waals surface area contributed by atoms with Crippen LogP contribution < -0.4 is 10.9 Å². The average molecular weight is 467 g/mol. The number of imide groups is 1. The van der Waals surface area contributed by atoms with Crippen LogP contribution in [-0.4, -0.2) is 51.2 Å². The number of aromatic nitrogens is 1. The van der Waals surface area contributed by atoms with Crippen LogP contribution in [0.15, 0.2) is 35.3 Å². The molecule has 1 aromatic heterocycles. The molecule has 4 heterocycles. The van der Waals surface area contributed by atoms with Crippen molar-refractivity contribution in [1.82, 2.24) is 19.7 Å². The van der Waals surface area contributed by atoms with Gasteiger partial charge in [0, 0.05) is 44.4 Å². The van der Waals surface area contributed by atoms with E-state index in [1.807, 2.05) is 6.07 Å². The van der Waals surface area contributed by atoms with Crippen molar-refractivity contribution < 1.29 is 18.8 Å². The van der Waals surface area contributed by atoms with Crippen molar-refractivity contribution in [1.29, 1.82) is 0 Å². The molecule has 2 saturated heterocycles. The fourth-order valence-electron chi connectivity index (χ4n) is 5.27. The molecule has 8 nitrogen and oxygen atoms in total. The van der Waals surface area contributed by atoms with Gasteiger partial charge in [0.1, 0.15) is 11.9 Å². The van der Waals surface area contributed by atoms with E-state index in [0.29, 0.717) is 17.7 Å². The zero-order chi connectivity index (χ0) is 24.0. The summed E-state index contributed by atoms with van der Waals surface area (Å²) in [6.07, 6.45) is 3.80. The first-order chi connectivity index (χ1) is 16.3. The van der Waals surface area contributed by atoms with E-state index >= 15 is 4.39 Å². The summed E-state index contributed by atoms with van der Waals surface area (Å²) in [6.45, 7) is 2.51. The van der Waals surface area contributed by atoms with Crippen LogP contribution in [0.3, 0.4) is 0 Å². The summed E-state index contributed by atoms with van der Waals surface area (Å²) in [6, 6.07) is 5.99. The number of carbonyl (C=O) groups is 3. The second kappa shape index (κ2) is 8.79. The summed E-state index contributed by atoms with van der Waals surface area (Å²) in [7, 11) is 1.72. The molecule has 0 bridgehead atoms. The maximum atomic E-state index is 15.1. The van der Waals surface area contributed by atoms with Crippen molar-refractivity contribution in [3.63, 3.8) is 0 Å². The van der Waals surface area contributed by atoms with Crippen molar-refractivity contribution >= 4 is 17.7 Å². The normalized spacial score (nSPS) is 21.6. The van der Waals surface area contributed by atoms with Gasteiger partial charge in [-0.15, -0.1) is 0 Å². The molecule has 0 aliphatic carbocycles. The van der Waals surface area contributed by atoms with Gasteiger partial charge in [0.15, 0.2) is 0 Å². The first-order valence-corrected chi connectivity index (χ1v) is 11.6. The first-order valence-electron chi connectivity index (χ1n) is 11.6. The molecule has 34 heavy (non-hydrogen) atoms. The fraction of sp³-hybridized carbons (Fsp3) is 0.440. The highest BCUT2D eigenvalue weighted by Gasteiger charge is 2.40. The minimum atomic E-state index is -0.706. The topological polar surface area (TPSA) is 91.7 Å². The number of pyridine rings is 1. The zero-order valence-electron chi connectivity index (χ0n) is 19.1. The Bertz CT molecular complexity index is 1230. The van der Waals surface area contributed by atoms with Crippen LogP contribution >= 0.6 is 0 Å². The number of carbonyl (C=O) groups excluding carboxylic acids is 3. The lowest BCUT2D eigenvalue weighted by Crippen LogP contribution is -2.52. The molecular formula is C25H27FN4O4. The number of fused-ring (bicyclic) bond motifs is 1. The van der Waals surface area contributed by atoms with E-state index in [1.54, 1.807) is 29.9 Å². The number of aryl methyl sites for hydroxylation is 1. The Morgan fingerprint density at radius 2 is 1.82 bits per heavy atom. The van der Waals surface area contributed by atoms with Gasteiger partial charge in [0.25, 0.3) is 11.5 Å². The molecule has 3 aliphatic rings. The number of amides is 3. The van der Waals surface area contributed by atoms with Gasteiger partial charge in [-0.1, -0.05) is 6.07 Å². The monoisotopic (exact) mass is 466 g/mol. The van der Waals surface area contributed by atoms with Crippen LogP contribution in [0, 0.1) is 5.82 Å². The summed E-state index contributed by atoms with van der Waals surface area (Å²) in [5.74, 6) is -1.51. The molecule has 0 spiro atoms. The van der Waals surface area contributed by atoms with Crippen LogP contribution in [-0.2, 0) is 29.7 Å². The molecule has 178 valence electrons. The summed E-state index contributed by atoms with van der Waals surface area (Å²) in [4.78, 5) is 52.2. The molecule has 2 fully saturated rings. The molecular weight excluding hydrogens is 439 g/mol. The van der Waals surface area contributed by atoms with E-state index < -0.39 is 11.9 Å². The van der Waals surface area contributed by atoms with Crippen LogP contribution in [0.5, 0.6) is 0 Å². The lowest BCUT2D eigenvalue weighted by molar-refractivity contribution is -0.136. The van der Waals surface area contributed by atoms with E-state index in [2.05, 4.69) is 10.2 Å². The number of benzene rings is 1. The Morgan fingerprint density at radius 1 is 1.06 bits per heavy atom. The first kappa shape index (κ1) is 22.5. The van der Waals surface area contributed by atoms with Crippen molar-refractivity contribution in [3.05, 3.63) is 68.9 Å². The van der Waals surface area contributed by atoms with Gasteiger partial charge in [-0.3, -0.25) is 29.4 Å².